The van der Waals surface area contributed by atoms with E-state index in [2.05, 4.69) is 25.5 Å². The Morgan fingerprint density at radius 3 is 2.72 bits per heavy atom. The van der Waals surface area contributed by atoms with Crippen molar-refractivity contribution in [3.8, 4) is 11.3 Å². The van der Waals surface area contributed by atoms with E-state index in [0.29, 0.717) is 33.5 Å². The van der Waals surface area contributed by atoms with Crippen LogP contribution in [0.15, 0.2) is 41.2 Å². The molecule has 1 atom stereocenters. The molecule has 0 radical (unpaired) electrons. The average molecular weight is 397 g/mol. The maximum atomic E-state index is 13.8. The fraction of sp³-hybridized carbons (Fsp3) is 0.250. The number of aliphatic hydroxyl groups is 1. The molecule has 9 heteroatoms. The summed E-state index contributed by atoms with van der Waals surface area (Å²) in [6.07, 6.45) is -1.23. The van der Waals surface area contributed by atoms with Crippen molar-refractivity contribution in [1.29, 1.82) is 0 Å². The van der Waals surface area contributed by atoms with Crippen LogP contribution in [0.4, 0.5) is 10.3 Å². The van der Waals surface area contributed by atoms with Gasteiger partial charge in [0.25, 0.3) is 5.56 Å². The van der Waals surface area contributed by atoms with E-state index in [1.165, 1.54) is 18.2 Å². The zero-order chi connectivity index (χ0) is 20.8. The molecule has 0 amide bonds. The molecule has 2 aromatic carbocycles. The van der Waals surface area contributed by atoms with E-state index in [-0.39, 0.29) is 5.56 Å². The fourth-order valence-corrected chi connectivity index (χ4v) is 3.06. The van der Waals surface area contributed by atoms with Crippen molar-refractivity contribution in [3.63, 3.8) is 0 Å². The minimum Gasteiger partial charge on any atom is -0.351 e. The van der Waals surface area contributed by atoms with Gasteiger partial charge < -0.3 is 20.1 Å². The van der Waals surface area contributed by atoms with Gasteiger partial charge in [0.05, 0.1) is 27.7 Å². The minimum absolute atomic E-state index is 0.333. The lowest BCUT2D eigenvalue weighted by atomic mass is 10.0. The van der Waals surface area contributed by atoms with Crippen molar-refractivity contribution in [2.24, 2.45) is 0 Å². The maximum absolute atomic E-state index is 13.8. The number of imidazole rings is 1. The number of aromatic nitrogens is 4. The van der Waals surface area contributed by atoms with Crippen LogP contribution in [0.1, 0.15) is 20.8 Å². The summed E-state index contributed by atoms with van der Waals surface area (Å²) in [5.41, 5.74) is 1.51. The molecule has 0 spiro atoms. The third kappa shape index (κ3) is 3.96. The van der Waals surface area contributed by atoms with Crippen LogP contribution in [0.3, 0.4) is 0 Å². The Labute approximate surface area is 164 Å². The molecule has 0 saturated carbocycles. The van der Waals surface area contributed by atoms with Gasteiger partial charge in [-0.05, 0) is 51.1 Å². The summed E-state index contributed by atoms with van der Waals surface area (Å²) in [5, 5.41) is 20.0. The summed E-state index contributed by atoms with van der Waals surface area (Å²) in [6.45, 7) is 5.48. The first-order valence-electron chi connectivity index (χ1n) is 9.00. The highest BCUT2D eigenvalue weighted by atomic mass is 19.1. The summed E-state index contributed by atoms with van der Waals surface area (Å²) in [4.78, 5) is 19.4. The highest BCUT2D eigenvalue weighted by Crippen LogP contribution is 2.28. The zero-order valence-corrected chi connectivity index (χ0v) is 16.1. The molecule has 2 aromatic heterocycles. The van der Waals surface area contributed by atoms with Crippen molar-refractivity contribution >= 4 is 27.8 Å². The van der Waals surface area contributed by atoms with Crippen LogP contribution in [0.25, 0.3) is 33.1 Å². The van der Waals surface area contributed by atoms with Crippen LogP contribution in [-0.2, 0) is 4.74 Å². The summed E-state index contributed by atoms with van der Waals surface area (Å²) < 4.78 is 19.2. The lowest BCUT2D eigenvalue weighted by molar-refractivity contribution is -0.149. The number of halogens is 1. The number of H-pyrrole nitrogens is 2. The van der Waals surface area contributed by atoms with Gasteiger partial charge >= 0.3 is 0 Å². The number of fused-ring (bicyclic) bond motifs is 2. The number of benzene rings is 2. The Morgan fingerprint density at radius 2 is 1.97 bits per heavy atom. The Bertz CT molecular complexity index is 1260. The van der Waals surface area contributed by atoms with Gasteiger partial charge in [-0.1, -0.05) is 6.07 Å². The van der Waals surface area contributed by atoms with Gasteiger partial charge in [-0.2, -0.15) is 5.10 Å². The van der Waals surface area contributed by atoms with Crippen LogP contribution in [0.2, 0.25) is 0 Å². The molecule has 0 fully saturated rings. The molecule has 4 N–H and O–H groups in total. The first-order chi connectivity index (χ1) is 13.7. The van der Waals surface area contributed by atoms with Crippen LogP contribution >= 0.6 is 0 Å². The van der Waals surface area contributed by atoms with E-state index in [9.17, 15) is 14.3 Å². The Balaban J connectivity index is 1.72. The Hall–Kier alpha value is -3.30. The van der Waals surface area contributed by atoms with Gasteiger partial charge in [-0.25, -0.2) is 14.5 Å². The van der Waals surface area contributed by atoms with Gasteiger partial charge in [0.1, 0.15) is 5.82 Å². The quantitative estimate of drug-likeness (QED) is 0.393. The second-order valence-electron chi connectivity index (χ2n) is 7.64. The summed E-state index contributed by atoms with van der Waals surface area (Å²) in [6, 6.07) is 9.30. The highest BCUT2D eigenvalue weighted by Gasteiger charge is 2.18. The van der Waals surface area contributed by atoms with E-state index < -0.39 is 17.8 Å². The monoisotopic (exact) mass is 397 g/mol. The lowest BCUT2D eigenvalue weighted by Gasteiger charge is -2.23. The predicted molar refractivity (Wildman–Crippen MR) is 108 cm³/mol. The normalized spacial score (nSPS) is 13.1. The molecule has 2 heterocycles. The number of anilines is 1. The van der Waals surface area contributed by atoms with Crippen LogP contribution in [0, 0.1) is 5.82 Å². The van der Waals surface area contributed by atoms with E-state index >= 15 is 0 Å². The van der Waals surface area contributed by atoms with Gasteiger partial charge in [0.15, 0.2) is 0 Å². The van der Waals surface area contributed by atoms with Gasteiger partial charge in [0, 0.05) is 10.9 Å². The Kier molecular flexibility index (Phi) is 4.56. The standard InChI is InChI=1S/C20H20FN5O3/c1-20(2,3)29-19(28)24-18-22-14-7-4-10(8-15(14)23-18)16-13-9-11(21)5-6-12(13)17(27)26-25-16/h4-9,19,28H,1-3H3,(H,26,27)(H2,22,23,24). The van der Waals surface area contributed by atoms with Crippen molar-refractivity contribution in [2.45, 2.75) is 32.8 Å². The molecule has 150 valence electrons. The largest absolute Gasteiger partial charge is 0.351 e. The number of nitrogens with zero attached hydrogens (tertiary/aromatic N) is 2. The zero-order valence-electron chi connectivity index (χ0n) is 16.1. The van der Waals surface area contributed by atoms with E-state index in [4.69, 9.17) is 4.74 Å². The van der Waals surface area contributed by atoms with Crippen molar-refractivity contribution < 1.29 is 14.2 Å². The molecule has 0 bridgehead atoms. The second kappa shape index (κ2) is 6.94. The molecule has 1 unspecified atom stereocenters. The summed E-state index contributed by atoms with van der Waals surface area (Å²) in [5.74, 6) is -0.120. The van der Waals surface area contributed by atoms with Crippen LogP contribution in [-0.4, -0.2) is 37.3 Å². The number of hydrogen-bond donors (Lipinski definition) is 4. The van der Waals surface area contributed by atoms with Crippen molar-refractivity contribution in [2.75, 3.05) is 5.32 Å². The third-order valence-electron chi connectivity index (χ3n) is 4.23. The summed E-state index contributed by atoms with van der Waals surface area (Å²) >= 11 is 0. The molecular weight excluding hydrogens is 377 g/mol. The fourth-order valence-electron chi connectivity index (χ4n) is 3.06. The number of hydrogen-bond acceptors (Lipinski definition) is 6. The number of aliphatic hydroxyl groups excluding tert-OH is 1. The smallest absolute Gasteiger partial charge is 0.272 e. The molecular formula is C20H20FN5O3. The van der Waals surface area contributed by atoms with Gasteiger partial charge in [-0.15, -0.1) is 0 Å². The SMILES string of the molecule is CC(C)(C)OC(O)Nc1nc2cc(-c3n[nH]c(=O)c4ccc(F)cc34)ccc2[nH]1. The first kappa shape index (κ1) is 19.0. The molecule has 0 aliphatic heterocycles. The number of rotatable bonds is 4. The first-order valence-corrected chi connectivity index (χ1v) is 9.00. The third-order valence-corrected chi connectivity index (χ3v) is 4.23. The van der Waals surface area contributed by atoms with Crippen molar-refractivity contribution in [3.05, 3.63) is 52.6 Å². The van der Waals surface area contributed by atoms with E-state index in [1.807, 2.05) is 20.8 Å². The Morgan fingerprint density at radius 1 is 1.17 bits per heavy atom. The minimum atomic E-state index is -1.23. The predicted octanol–water partition coefficient (Wildman–Crippen LogP) is 3.11. The summed E-state index contributed by atoms with van der Waals surface area (Å²) in [7, 11) is 0. The second-order valence-corrected chi connectivity index (χ2v) is 7.64. The van der Waals surface area contributed by atoms with Gasteiger partial charge in [-0.3, -0.25) is 4.79 Å². The molecule has 4 rings (SSSR count). The highest BCUT2D eigenvalue weighted by molar-refractivity contribution is 5.95. The van der Waals surface area contributed by atoms with E-state index in [1.54, 1.807) is 18.2 Å². The molecule has 0 aliphatic carbocycles. The van der Waals surface area contributed by atoms with E-state index in [0.717, 1.165) is 5.52 Å². The maximum Gasteiger partial charge on any atom is 0.272 e. The molecule has 4 aromatic rings. The van der Waals surface area contributed by atoms with Crippen molar-refractivity contribution in [1.82, 2.24) is 20.2 Å². The molecule has 0 saturated heterocycles. The lowest BCUT2D eigenvalue weighted by Crippen LogP contribution is -2.32. The van der Waals surface area contributed by atoms with Gasteiger partial charge in [0.2, 0.25) is 12.4 Å². The van der Waals surface area contributed by atoms with Crippen LogP contribution in [0.5, 0.6) is 0 Å². The molecule has 0 aliphatic rings. The number of nitrogens with one attached hydrogen (secondary N) is 3. The topological polar surface area (TPSA) is 116 Å². The number of aromatic amines is 2. The molecule has 8 nitrogen and oxygen atoms in total. The number of ether oxygens (including phenoxy) is 1. The van der Waals surface area contributed by atoms with Crippen LogP contribution < -0.4 is 10.9 Å². The molecule has 29 heavy (non-hydrogen) atoms. The average Bonchev–Trinajstić information content (AvgIpc) is 3.01.